The van der Waals surface area contributed by atoms with E-state index in [1.165, 1.54) is 7.11 Å². The molecule has 1 aromatic rings. The van der Waals surface area contributed by atoms with Crippen molar-refractivity contribution in [3.8, 4) is 6.07 Å². The van der Waals surface area contributed by atoms with Crippen LogP contribution in [-0.4, -0.2) is 25.4 Å². The zero-order valence-electron chi connectivity index (χ0n) is 10.5. The highest BCUT2D eigenvalue weighted by atomic mass is 32.2. The molecular formula is C13H16N2O2S. The van der Waals surface area contributed by atoms with Gasteiger partial charge in [-0.05, 0) is 17.9 Å². The molecular weight excluding hydrogens is 248 g/mol. The van der Waals surface area contributed by atoms with Gasteiger partial charge >= 0.3 is 5.97 Å². The number of hydrogen-bond acceptors (Lipinski definition) is 5. The second-order valence-electron chi connectivity index (χ2n) is 3.48. The number of nitriles is 1. The maximum Gasteiger partial charge on any atom is 0.307 e. The lowest BCUT2D eigenvalue weighted by atomic mass is 10.2. The van der Waals surface area contributed by atoms with Crippen LogP contribution in [0.3, 0.4) is 0 Å². The highest BCUT2D eigenvalue weighted by molar-refractivity contribution is 7.99. The average molecular weight is 264 g/mol. The Morgan fingerprint density at radius 1 is 1.56 bits per heavy atom. The van der Waals surface area contributed by atoms with Gasteiger partial charge in [0.05, 0.1) is 24.8 Å². The van der Waals surface area contributed by atoms with E-state index in [0.29, 0.717) is 12.1 Å². The molecule has 0 aliphatic rings. The summed E-state index contributed by atoms with van der Waals surface area (Å²) in [6.07, 6.45) is 0.284. The van der Waals surface area contributed by atoms with Crippen molar-refractivity contribution in [2.24, 2.45) is 0 Å². The maximum atomic E-state index is 11.0. The Morgan fingerprint density at radius 2 is 2.33 bits per heavy atom. The molecule has 1 aromatic carbocycles. The van der Waals surface area contributed by atoms with Crippen LogP contribution in [0.15, 0.2) is 23.1 Å². The number of carbonyl (C=O) groups is 1. The lowest BCUT2D eigenvalue weighted by molar-refractivity contribution is -0.140. The fraction of sp³-hybridized carbons (Fsp3) is 0.385. The predicted octanol–water partition coefficient (Wildman–Crippen LogP) is 2.65. The molecule has 0 fully saturated rings. The number of nitrogens with one attached hydrogen (secondary N) is 1. The van der Waals surface area contributed by atoms with Crippen molar-refractivity contribution in [3.05, 3.63) is 23.8 Å². The van der Waals surface area contributed by atoms with Crippen LogP contribution in [0.2, 0.25) is 0 Å². The van der Waals surface area contributed by atoms with Crippen LogP contribution in [0.5, 0.6) is 0 Å². The molecule has 0 radical (unpaired) electrons. The van der Waals surface area contributed by atoms with Crippen molar-refractivity contribution in [2.45, 2.75) is 18.2 Å². The smallest absolute Gasteiger partial charge is 0.307 e. The topological polar surface area (TPSA) is 62.1 Å². The standard InChI is InChI=1S/C13H16N2O2S/c1-3-18-12-6-4-5-11(10(12)9-14)15-8-7-13(16)17-2/h4-6,15H,3,7-8H2,1-2H3. The summed E-state index contributed by atoms with van der Waals surface area (Å²) in [6.45, 7) is 2.50. The van der Waals surface area contributed by atoms with Gasteiger partial charge in [0, 0.05) is 11.4 Å². The van der Waals surface area contributed by atoms with E-state index >= 15 is 0 Å². The number of methoxy groups -OCH3 is 1. The third kappa shape index (κ3) is 3.97. The van der Waals surface area contributed by atoms with E-state index in [2.05, 4.69) is 16.1 Å². The molecule has 0 bridgehead atoms. The monoisotopic (exact) mass is 264 g/mol. The van der Waals surface area contributed by atoms with Gasteiger partial charge in [-0.15, -0.1) is 11.8 Å². The summed E-state index contributed by atoms with van der Waals surface area (Å²) in [5.74, 6) is 0.653. The Hall–Kier alpha value is -1.67. The van der Waals surface area contributed by atoms with E-state index in [4.69, 9.17) is 0 Å². The molecule has 18 heavy (non-hydrogen) atoms. The van der Waals surface area contributed by atoms with Gasteiger partial charge in [0.2, 0.25) is 0 Å². The summed E-state index contributed by atoms with van der Waals surface area (Å²) in [4.78, 5) is 12.0. The number of rotatable bonds is 6. The fourth-order valence-corrected chi connectivity index (χ4v) is 2.26. The van der Waals surface area contributed by atoms with Crippen LogP contribution in [-0.2, 0) is 9.53 Å². The maximum absolute atomic E-state index is 11.0. The van der Waals surface area contributed by atoms with Crippen LogP contribution in [0.4, 0.5) is 5.69 Å². The summed E-state index contributed by atoms with van der Waals surface area (Å²) < 4.78 is 4.56. The molecule has 1 rings (SSSR count). The molecule has 0 spiro atoms. The minimum absolute atomic E-state index is 0.264. The van der Waals surface area contributed by atoms with Crippen molar-refractivity contribution in [1.29, 1.82) is 5.26 Å². The number of nitrogens with zero attached hydrogens (tertiary/aromatic N) is 1. The van der Waals surface area contributed by atoms with Gasteiger partial charge in [-0.2, -0.15) is 5.26 Å². The first-order valence-electron chi connectivity index (χ1n) is 5.69. The summed E-state index contributed by atoms with van der Waals surface area (Å²) in [7, 11) is 1.36. The van der Waals surface area contributed by atoms with Crippen molar-refractivity contribution in [3.63, 3.8) is 0 Å². The van der Waals surface area contributed by atoms with E-state index in [0.717, 1.165) is 16.3 Å². The Bertz CT molecular complexity index is 455. The van der Waals surface area contributed by atoms with Gasteiger partial charge in [0.25, 0.3) is 0 Å². The van der Waals surface area contributed by atoms with Gasteiger partial charge in [-0.25, -0.2) is 0 Å². The van der Waals surface area contributed by atoms with Crippen LogP contribution >= 0.6 is 11.8 Å². The number of carbonyl (C=O) groups excluding carboxylic acids is 1. The van der Waals surface area contributed by atoms with Crippen molar-refractivity contribution in [1.82, 2.24) is 0 Å². The highest BCUT2D eigenvalue weighted by Gasteiger charge is 2.08. The van der Waals surface area contributed by atoms with E-state index in [1.54, 1.807) is 11.8 Å². The Labute approximate surface area is 111 Å². The lowest BCUT2D eigenvalue weighted by Crippen LogP contribution is -2.10. The normalized spacial score (nSPS) is 9.61. The third-order valence-electron chi connectivity index (χ3n) is 2.31. The van der Waals surface area contributed by atoms with Gasteiger partial charge < -0.3 is 10.1 Å². The first-order valence-corrected chi connectivity index (χ1v) is 6.68. The van der Waals surface area contributed by atoms with Crippen LogP contribution in [0, 0.1) is 11.3 Å². The van der Waals surface area contributed by atoms with Crippen LogP contribution in [0.25, 0.3) is 0 Å². The molecule has 0 aromatic heterocycles. The second kappa shape index (κ2) is 7.62. The largest absolute Gasteiger partial charge is 0.469 e. The molecule has 96 valence electrons. The highest BCUT2D eigenvalue weighted by Crippen LogP contribution is 2.27. The molecule has 1 N–H and O–H groups in total. The molecule has 0 saturated heterocycles. The molecule has 0 amide bonds. The molecule has 0 aliphatic carbocycles. The molecule has 0 aliphatic heterocycles. The number of ether oxygens (including phenoxy) is 1. The SMILES string of the molecule is CCSc1cccc(NCCC(=O)OC)c1C#N. The summed E-state index contributed by atoms with van der Waals surface area (Å²) in [5.41, 5.74) is 1.40. The third-order valence-corrected chi connectivity index (χ3v) is 3.25. The number of thioether (sulfide) groups is 1. The zero-order valence-corrected chi connectivity index (χ0v) is 11.3. The zero-order chi connectivity index (χ0) is 13.4. The molecule has 0 atom stereocenters. The van der Waals surface area contributed by atoms with Gasteiger partial charge in [0.15, 0.2) is 0 Å². The van der Waals surface area contributed by atoms with E-state index < -0.39 is 0 Å². The van der Waals surface area contributed by atoms with E-state index in [-0.39, 0.29) is 12.4 Å². The molecule has 4 nitrogen and oxygen atoms in total. The lowest BCUT2D eigenvalue weighted by Gasteiger charge is -2.10. The van der Waals surface area contributed by atoms with E-state index in [1.807, 2.05) is 25.1 Å². The molecule has 5 heteroatoms. The Morgan fingerprint density at radius 3 is 2.94 bits per heavy atom. The Kier molecular flexibility index (Phi) is 6.09. The predicted molar refractivity (Wildman–Crippen MR) is 72.7 cm³/mol. The number of benzene rings is 1. The van der Waals surface area contributed by atoms with Gasteiger partial charge in [-0.3, -0.25) is 4.79 Å². The quantitative estimate of drug-likeness (QED) is 0.632. The molecule has 0 unspecified atom stereocenters. The second-order valence-corrected chi connectivity index (χ2v) is 4.78. The summed E-state index contributed by atoms with van der Waals surface area (Å²) in [6, 6.07) is 7.88. The molecule has 0 saturated carbocycles. The summed E-state index contributed by atoms with van der Waals surface area (Å²) >= 11 is 1.63. The van der Waals surface area contributed by atoms with Crippen molar-refractivity contribution >= 4 is 23.4 Å². The summed E-state index contributed by atoms with van der Waals surface area (Å²) in [5, 5.41) is 12.3. The first-order chi connectivity index (χ1) is 8.72. The minimum Gasteiger partial charge on any atom is -0.469 e. The number of anilines is 1. The minimum atomic E-state index is -0.264. The van der Waals surface area contributed by atoms with Crippen molar-refractivity contribution < 1.29 is 9.53 Å². The average Bonchev–Trinajstić information content (AvgIpc) is 2.39. The van der Waals surface area contributed by atoms with Crippen LogP contribution < -0.4 is 5.32 Å². The van der Waals surface area contributed by atoms with Gasteiger partial charge in [-0.1, -0.05) is 13.0 Å². The van der Waals surface area contributed by atoms with E-state index in [9.17, 15) is 10.1 Å². The Balaban J connectivity index is 2.73. The van der Waals surface area contributed by atoms with Crippen molar-refractivity contribution in [2.75, 3.05) is 24.7 Å². The number of hydrogen-bond donors (Lipinski definition) is 1. The van der Waals surface area contributed by atoms with Crippen LogP contribution in [0.1, 0.15) is 18.9 Å². The van der Waals surface area contributed by atoms with Gasteiger partial charge in [0.1, 0.15) is 6.07 Å². The first kappa shape index (κ1) is 14.4. The number of esters is 1. The fourth-order valence-electron chi connectivity index (χ4n) is 1.47. The molecule has 0 heterocycles.